The first-order chi connectivity index (χ1) is 9.60. The molecule has 6 nitrogen and oxygen atoms in total. The van der Waals surface area contributed by atoms with E-state index in [0.717, 1.165) is 43.7 Å². The molecule has 0 amide bonds. The summed E-state index contributed by atoms with van der Waals surface area (Å²) in [6.07, 6.45) is 5.36. The average Bonchev–Trinajstić information content (AvgIpc) is 2.44. The highest BCUT2D eigenvalue weighted by molar-refractivity contribution is 5.44. The number of nitrogens with zero attached hydrogens (tertiary/aromatic N) is 3. The normalized spacial score (nSPS) is 22.9. The summed E-state index contributed by atoms with van der Waals surface area (Å²) in [6.45, 7) is 3.31. The van der Waals surface area contributed by atoms with E-state index < -0.39 is 0 Å². The van der Waals surface area contributed by atoms with Crippen LogP contribution in [0.25, 0.3) is 0 Å². The lowest BCUT2D eigenvalue weighted by molar-refractivity contribution is 0.101. The quantitative estimate of drug-likeness (QED) is 0.505. The summed E-state index contributed by atoms with van der Waals surface area (Å²) >= 11 is 0. The SMILES string of the molecule is CN1CCN(C)C(CC(Cc2cnccc2N)NN)C1. The molecule has 112 valence electrons. The van der Waals surface area contributed by atoms with E-state index in [-0.39, 0.29) is 6.04 Å². The zero-order valence-corrected chi connectivity index (χ0v) is 12.4. The van der Waals surface area contributed by atoms with Crippen LogP contribution in [0.1, 0.15) is 12.0 Å². The standard InChI is InChI=1S/C14H26N6/c1-19-5-6-20(2)13(10-19)8-12(18-16)7-11-9-17-4-3-14(11)15/h3-4,9,12-13,18H,5-8,10,16H2,1-2H3,(H2,15,17). The molecule has 0 aliphatic carbocycles. The Labute approximate surface area is 121 Å². The highest BCUT2D eigenvalue weighted by atomic mass is 15.3. The van der Waals surface area contributed by atoms with Crippen molar-refractivity contribution in [2.45, 2.75) is 24.9 Å². The molecule has 6 heteroatoms. The Kier molecular flexibility index (Phi) is 5.31. The van der Waals surface area contributed by atoms with Gasteiger partial charge in [-0.3, -0.25) is 16.3 Å². The number of nitrogen functional groups attached to an aromatic ring is 1. The monoisotopic (exact) mass is 278 g/mol. The first-order valence-electron chi connectivity index (χ1n) is 7.13. The van der Waals surface area contributed by atoms with Gasteiger partial charge in [0, 0.05) is 49.8 Å². The summed E-state index contributed by atoms with van der Waals surface area (Å²) in [7, 11) is 4.35. The van der Waals surface area contributed by atoms with Gasteiger partial charge in [0.25, 0.3) is 0 Å². The predicted molar refractivity (Wildman–Crippen MR) is 82.0 cm³/mol. The maximum atomic E-state index is 5.98. The number of nitrogens with one attached hydrogen (secondary N) is 1. The third-order valence-electron chi connectivity index (χ3n) is 4.18. The number of hydrazine groups is 1. The Morgan fingerprint density at radius 2 is 2.25 bits per heavy atom. The van der Waals surface area contributed by atoms with Gasteiger partial charge in [-0.2, -0.15) is 0 Å². The van der Waals surface area contributed by atoms with E-state index in [1.165, 1.54) is 0 Å². The van der Waals surface area contributed by atoms with Crippen LogP contribution in [0.5, 0.6) is 0 Å². The lowest BCUT2D eigenvalue weighted by atomic mass is 9.98. The topological polar surface area (TPSA) is 83.4 Å². The number of piperazine rings is 1. The van der Waals surface area contributed by atoms with Crippen molar-refractivity contribution in [3.8, 4) is 0 Å². The largest absolute Gasteiger partial charge is 0.398 e. The second-order valence-electron chi connectivity index (χ2n) is 5.77. The molecule has 1 aliphatic heterocycles. The van der Waals surface area contributed by atoms with Gasteiger partial charge in [-0.15, -0.1) is 0 Å². The third kappa shape index (κ3) is 3.89. The average molecular weight is 278 g/mol. The minimum atomic E-state index is 0.209. The summed E-state index contributed by atoms with van der Waals surface area (Å²) in [4.78, 5) is 8.92. The highest BCUT2D eigenvalue weighted by Crippen LogP contribution is 2.17. The van der Waals surface area contributed by atoms with E-state index in [2.05, 4.69) is 34.3 Å². The molecule has 1 saturated heterocycles. The number of pyridine rings is 1. The summed E-state index contributed by atoms with van der Waals surface area (Å²) in [5.41, 5.74) is 10.8. The number of hydrogen-bond donors (Lipinski definition) is 3. The molecule has 1 aromatic heterocycles. The molecule has 2 rings (SSSR count). The van der Waals surface area contributed by atoms with Gasteiger partial charge >= 0.3 is 0 Å². The molecule has 0 radical (unpaired) electrons. The van der Waals surface area contributed by atoms with Crippen LogP contribution >= 0.6 is 0 Å². The fourth-order valence-corrected chi connectivity index (χ4v) is 2.77. The van der Waals surface area contributed by atoms with Crippen molar-refractivity contribution < 1.29 is 0 Å². The van der Waals surface area contributed by atoms with Crippen LogP contribution in [0.15, 0.2) is 18.5 Å². The molecule has 0 bridgehead atoms. The Bertz CT molecular complexity index is 424. The zero-order chi connectivity index (χ0) is 14.5. The van der Waals surface area contributed by atoms with Crippen molar-refractivity contribution in [2.24, 2.45) is 5.84 Å². The molecule has 1 aliphatic rings. The van der Waals surface area contributed by atoms with Gasteiger partial charge in [-0.25, -0.2) is 0 Å². The molecule has 1 aromatic rings. The van der Waals surface area contributed by atoms with Crippen LogP contribution in [0.4, 0.5) is 5.69 Å². The number of anilines is 1. The van der Waals surface area contributed by atoms with Gasteiger partial charge < -0.3 is 15.5 Å². The van der Waals surface area contributed by atoms with E-state index in [9.17, 15) is 0 Å². The Hall–Kier alpha value is -1.21. The van der Waals surface area contributed by atoms with Gasteiger partial charge in [0.2, 0.25) is 0 Å². The number of nitrogens with two attached hydrogens (primary N) is 2. The zero-order valence-electron chi connectivity index (χ0n) is 12.4. The maximum Gasteiger partial charge on any atom is 0.0378 e. The van der Waals surface area contributed by atoms with Crippen molar-refractivity contribution in [3.05, 3.63) is 24.0 Å². The molecule has 1 fully saturated rings. The second-order valence-corrected chi connectivity index (χ2v) is 5.77. The van der Waals surface area contributed by atoms with Crippen molar-refractivity contribution >= 4 is 5.69 Å². The number of rotatable bonds is 5. The van der Waals surface area contributed by atoms with Crippen LogP contribution < -0.4 is 17.0 Å². The van der Waals surface area contributed by atoms with Gasteiger partial charge in [0.15, 0.2) is 0 Å². The number of aromatic nitrogens is 1. The van der Waals surface area contributed by atoms with E-state index in [1.54, 1.807) is 6.20 Å². The van der Waals surface area contributed by atoms with Crippen LogP contribution in [0, 0.1) is 0 Å². The lowest BCUT2D eigenvalue weighted by Crippen LogP contribution is -2.53. The molecular formula is C14H26N6. The third-order valence-corrected chi connectivity index (χ3v) is 4.18. The maximum absolute atomic E-state index is 5.98. The fraction of sp³-hybridized carbons (Fsp3) is 0.643. The molecule has 5 N–H and O–H groups in total. The van der Waals surface area contributed by atoms with Crippen molar-refractivity contribution in [1.82, 2.24) is 20.2 Å². The Morgan fingerprint density at radius 3 is 2.95 bits per heavy atom. The fourth-order valence-electron chi connectivity index (χ4n) is 2.77. The van der Waals surface area contributed by atoms with Gasteiger partial charge in [-0.1, -0.05) is 0 Å². The van der Waals surface area contributed by atoms with E-state index in [0.29, 0.717) is 6.04 Å². The summed E-state index contributed by atoms with van der Waals surface area (Å²) < 4.78 is 0. The van der Waals surface area contributed by atoms with Crippen molar-refractivity contribution in [1.29, 1.82) is 0 Å². The van der Waals surface area contributed by atoms with E-state index in [4.69, 9.17) is 11.6 Å². The number of likely N-dealkylation sites (N-methyl/N-ethyl adjacent to an activating group) is 2. The first kappa shape index (κ1) is 15.2. The minimum absolute atomic E-state index is 0.209. The smallest absolute Gasteiger partial charge is 0.0378 e. The number of hydrogen-bond acceptors (Lipinski definition) is 6. The second kappa shape index (κ2) is 6.99. The van der Waals surface area contributed by atoms with E-state index in [1.807, 2.05) is 12.3 Å². The molecule has 0 spiro atoms. The predicted octanol–water partition coefficient (Wildman–Crippen LogP) is -0.326. The molecule has 20 heavy (non-hydrogen) atoms. The molecule has 0 aromatic carbocycles. The van der Waals surface area contributed by atoms with Crippen LogP contribution in [-0.4, -0.2) is 60.6 Å². The molecule has 2 heterocycles. The molecule has 0 saturated carbocycles. The first-order valence-corrected chi connectivity index (χ1v) is 7.13. The summed E-state index contributed by atoms with van der Waals surface area (Å²) in [5, 5.41) is 0. The van der Waals surface area contributed by atoms with Gasteiger partial charge in [0.05, 0.1) is 0 Å². The van der Waals surface area contributed by atoms with Crippen LogP contribution in [0.2, 0.25) is 0 Å². The summed E-state index contributed by atoms with van der Waals surface area (Å²) in [6, 6.07) is 2.57. The van der Waals surface area contributed by atoms with Gasteiger partial charge in [0.1, 0.15) is 0 Å². The molecular weight excluding hydrogens is 252 g/mol. The molecule has 2 unspecified atom stereocenters. The van der Waals surface area contributed by atoms with Crippen LogP contribution in [0.3, 0.4) is 0 Å². The van der Waals surface area contributed by atoms with E-state index >= 15 is 0 Å². The molecule has 2 atom stereocenters. The van der Waals surface area contributed by atoms with Gasteiger partial charge in [-0.05, 0) is 38.6 Å². The van der Waals surface area contributed by atoms with Crippen LogP contribution in [-0.2, 0) is 6.42 Å². The Morgan fingerprint density at radius 1 is 1.45 bits per heavy atom. The Balaban J connectivity index is 1.96. The summed E-state index contributed by atoms with van der Waals surface area (Å²) in [5.74, 6) is 5.72. The lowest BCUT2D eigenvalue weighted by Gasteiger charge is -2.39. The van der Waals surface area contributed by atoms with Crippen molar-refractivity contribution in [2.75, 3.05) is 39.5 Å². The minimum Gasteiger partial charge on any atom is -0.398 e. The highest BCUT2D eigenvalue weighted by Gasteiger charge is 2.25. The van der Waals surface area contributed by atoms with Crippen molar-refractivity contribution in [3.63, 3.8) is 0 Å².